The molecular weight excluding hydrogens is 370 g/mol. The largest absolute Gasteiger partial charge is 0.507 e. The highest BCUT2D eigenvalue weighted by Gasteiger charge is 2.25. The average Bonchev–Trinajstić information content (AvgIpc) is 3.18. The van der Waals surface area contributed by atoms with Gasteiger partial charge < -0.3 is 13.9 Å². The van der Waals surface area contributed by atoms with Gasteiger partial charge in [0.2, 0.25) is 0 Å². The molecule has 136 valence electrons. The summed E-state index contributed by atoms with van der Waals surface area (Å²) in [6.45, 7) is 3.12. The fourth-order valence-corrected chi connectivity index (χ4v) is 3.48. The van der Waals surface area contributed by atoms with E-state index >= 15 is 0 Å². The van der Waals surface area contributed by atoms with Gasteiger partial charge in [0, 0.05) is 10.9 Å². The molecule has 2 N–H and O–H groups in total. The van der Waals surface area contributed by atoms with Gasteiger partial charge in [0.05, 0.1) is 10.5 Å². The number of carbonyl (C=O) groups excluding carboxylic acids is 2. The monoisotopic (exact) mass is 383 g/mol. The van der Waals surface area contributed by atoms with Gasteiger partial charge in [0.1, 0.15) is 11.3 Å². The highest BCUT2D eigenvalue weighted by atomic mass is 32.2. The predicted octanol–water partition coefficient (Wildman–Crippen LogP) is 3.70. The number of carbonyl (C=O) groups is 2. The third-order valence-electron chi connectivity index (χ3n) is 4.26. The summed E-state index contributed by atoms with van der Waals surface area (Å²) in [5, 5.41) is 12.6. The summed E-state index contributed by atoms with van der Waals surface area (Å²) in [6.07, 6.45) is 1.61. The normalized spacial score (nSPS) is 15.7. The van der Waals surface area contributed by atoms with Gasteiger partial charge in [-0.25, -0.2) is 4.79 Å². The number of rotatable bonds is 2. The Morgan fingerprint density at radius 2 is 1.85 bits per heavy atom. The van der Waals surface area contributed by atoms with E-state index in [1.807, 2.05) is 0 Å². The van der Waals surface area contributed by atoms with Crippen LogP contribution in [0.25, 0.3) is 28.6 Å². The number of furan rings is 1. The molecule has 0 unspecified atom stereocenters. The number of thioether (sulfide) groups is 1. The summed E-state index contributed by atoms with van der Waals surface area (Å²) < 4.78 is 11.0. The zero-order valence-corrected chi connectivity index (χ0v) is 15.1. The van der Waals surface area contributed by atoms with E-state index < -0.39 is 16.8 Å². The third kappa shape index (κ3) is 2.93. The predicted molar refractivity (Wildman–Crippen MR) is 100 cm³/mol. The zero-order chi connectivity index (χ0) is 19.3. The van der Waals surface area contributed by atoms with Crippen LogP contribution < -0.4 is 10.9 Å². The van der Waals surface area contributed by atoms with Gasteiger partial charge >= 0.3 is 5.63 Å². The van der Waals surface area contributed by atoms with E-state index in [-0.39, 0.29) is 17.1 Å². The summed E-state index contributed by atoms with van der Waals surface area (Å²) in [6, 6.07) is 6.93. The van der Waals surface area contributed by atoms with Crippen LogP contribution in [0.1, 0.15) is 16.7 Å². The quantitative estimate of drug-likeness (QED) is 0.649. The molecule has 0 aliphatic carbocycles. The molecule has 7 nitrogen and oxygen atoms in total. The van der Waals surface area contributed by atoms with Crippen molar-refractivity contribution in [2.45, 2.75) is 13.8 Å². The lowest BCUT2D eigenvalue weighted by molar-refractivity contribution is -0.115. The summed E-state index contributed by atoms with van der Waals surface area (Å²) >= 11 is 0.843. The minimum Gasteiger partial charge on any atom is -0.507 e. The van der Waals surface area contributed by atoms with Crippen LogP contribution in [-0.2, 0) is 4.79 Å². The minimum atomic E-state index is -0.632. The SMILES string of the molecule is Cc1c(-c2cc3cc(/C=C4\SC(=O)NC4=O)ccc3o2)oc(=O)c(C)c1O. The number of benzene rings is 1. The van der Waals surface area contributed by atoms with Gasteiger partial charge in [-0.2, -0.15) is 0 Å². The van der Waals surface area contributed by atoms with Crippen molar-refractivity contribution in [3.05, 3.63) is 56.3 Å². The Balaban J connectivity index is 1.79. The average molecular weight is 383 g/mol. The number of hydrogen-bond donors (Lipinski definition) is 2. The Morgan fingerprint density at radius 3 is 2.56 bits per heavy atom. The lowest BCUT2D eigenvalue weighted by atomic mass is 10.1. The molecule has 0 bridgehead atoms. The molecule has 3 heterocycles. The minimum absolute atomic E-state index is 0.124. The number of nitrogens with one attached hydrogen (secondary N) is 1. The molecule has 1 aliphatic rings. The van der Waals surface area contributed by atoms with Crippen molar-refractivity contribution in [2.75, 3.05) is 0 Å². The molecule has 27 heavy (non-hydrogen) atoms. The standard InChI is InChI=1S/C19H13NO6S/c1-8-15(21)9(2)18(23)26-16(8)13-7-11-5-10(3-4-12(11)25-13)6-14-17(22)20-19(24)27-14/h3-7,21H,1-2H3,(H,20,22,24)/b14-6-. The number of hydrogen-bond acceptors (Lipinski definition) is 7. The van der Waals surface area contributed by atoms with E-state index in [9.17, 15) is 19.5 Å². The van der Waals surface area contributed by atoms with Crippen molar-refractivity contribution in [3.63, 3.8) is 0 Å². The number of aromatic hydroxyl groups is 1. The lowest BCUT2D eigenvalue weighted by Gasteiger charge is -2.05. The first kappa shape index (κ1) is 17.2. The molecule has 4 rings (SSSR count). The van der Waals surface area contributed by atoms with Gasteiger partial charge in [-0.1, -0.05) is 6.07 Å². The van der Waals surface area contributed by atoms with Crippen LogP contribution in [0.15, 0.2) is 42.8 Å². The van der Waals surface area contributed by atoms with E-state index in [4.69, 9.17) is 8.83 Å². The van der Waals surface area contributed by atoms with Crippen LogP contribution in [0, 0.1) is 13.8 Å². The van der Waals surface area contributed by atoms with Gasteiger partial charge in [-0.15, -0.1) is 0 Å². The second-order valence-electron chi connectivity index (χ2n) is 6.08. The molecule has 1 saturated heterocycles. The fraction of sp³-hybridized carbons (Fsp3) is 0.105. The molecule has 1 fully saturated rings. The van der Waals surface area contributed by atoms with E-state index in [0.29, 0.717) is 27.4 Å². The molecule has 3 aromatic rings. The number of imide groups is 1. The van der Waals surface area contributed by atoms with Crippen LogP contribution in [0.2, 0.25) is 0 Å². The van der Waals surface area contributed by atoms with Gasteiger partial charge in [0.25, 0.3) is 11.1 Å². The van der Waals surface area contributed by atoms with Crippen molar-refractivity contribution in [3.8, 4) is 17.3 Å². The summed E-state index contributed by atoms with van der Waals surface area (Å²) in [4.78, 5) is 35.1. The Morgan fingerprint density at radius 1 is 1.07 bits per heavy atom. The van der Waals surface area contributed by atoms with E-state index in [2.05, 4.69) is 5.32 Å². The maximum atomic E-state index is 11.9. The Bertz CT molecular complexity index is 1220. The van der Waals surface area contributed by atoms with Gasteiger partial charge in [0.15, 0.2) is 11.5 Å². The topological polar surface area (TPSA) is 110 Å². The summed E-state index contributed by atoms with van der Waals surface area (Å²) in [7, 11) is 0. The second-order valence-corrected chi connectivity index (χ2v) is 7.09. The van der Waals surface area contributed by atoms with Crippen LogP contribution in [0.5, 0.6) is 5.75 Å². The number of fused-ring (bicyclic) bond motifs is 1. The van der Waals surface area contributed by atoms with E-state index in [1.54, 1.807) is 37.3 Å². The van der Waals surface area contributed by atoms with Crippen LogP contribution >= 0.6 is 11.8 Å². The lowest BCUT2D eigenvalue weighted by Crippen LogP contribution is -2.17. The van der Waals surface area contributed by atoms with Crippen molar-refractivity contribution in [2.24, 2.45) is 0 Å². The molecular formula is C19H13NO6S. The van der Waals surface area contributed by atoms with Crippen molar-refractivity contribution in [1.82, 2.24) is 5.32 Å². The fourth-order valence-electron chi connectivity index (χ4n) is 2.80. The van der Waals surface area contributed by atoms with Crippen LogP contribution in [-0.4, -0.2) is 16.3 Å². The maximum absolute atomic E-state index is 11.9. The highest BCUT2D eigenvalue weighted by molar-refractivity contribution is 8.18. The van der Waals surface area contributed by atoms with E-state index in [0.717, 1.165) is 17.1 Å². The third-order valence-corrected chi connectivity index (χ3v) is 5.07. The Hall–Kier alpha value is -3.26. The molecule has 1 aliphatic heterocycles. The first-order valence-corrected chi connectivity index (χ1v) is 8.77. The first-order chi connectivity index (χ1) is 12.8. The molecule has 2 amide bonds. The molecule has 1 aromatic carbocycles. The summed E-state index contributed by atoms with van der Waals surface area (Å²) in [5.74, 6) is -0.0787. The maximum Gasteiger partial charge on any atom is 0.343 e. The van der Waals surface area contributed by atoms with Gasteiger partial charge in [-0.3, -0.25) is 14.9 Å². The van der Waals surface area contributed by atoms with Crippen LogP contribution in [0.4, 0.5) is 4.79 Å². The smallest absolute Gasteiger partial charge is 0.343 e. The molecule has 8 heteroatoms. The number of amides is 2. The second kappa shape index (κ2) is 6.17. The Labute approximate surface area is 156 Å². The zero-order valence-electron chi connectivity index (χ0n) is 14.3. The molecule has 0 atom stereocenters. The highest BCUT2D eigenvalue weighted by Crippen LogP contribution is 2.34. The van der Waals surface area contributed by atoms with Crippen molar-refractivity contribution >= 4 is 40.0 Å². The Kier molecular flexibility index (Phi) is 3.92. The van der Waals surface area contributed by atoms with Crippen molar-refractivity contribution in [1.29, 1.82) is 0 Å². The van der Waals surface area contributed by atoms with Crippen molar-refractivity contribution < 1.29 is 23.5 Å². The summed E-state index contributed by atoms with van der Waals surface area (Å²) in [5.41, 5.74) is 1.18. The van der Waals surface area contributed by atoms with Gasteiger partial charge in [-0.05, 0) is 55.4 Å². The van der Waals surface area contributed by atoms with E-state index in [1.165, 1.54) is 6.92 Å². The first-order valence-electron chi connectivity index (χ1n) is 7.95. The molecule has 2 aromatic heterocycles. The molecule has 0 radical (unpaired) electrons. The molecule has 0 spiro atoms. The molecule has 0 saturated carbocycles. The van der Waals surface area contributed by atoms with Crippen LogP contribution in [0.3, 0.4) is 0 Å².